The fourth-order valence-electron chi connectivity index (χ4n) is 2.22. The van der Waals surface area contributed by atoms with Crippen LogP contribution in [0.1, 0.15) is 5.56 Å². The lowest BCUT2D eigenvalue weighted by Gasteiger charge is -2.06. The van der Waals surface area contributed by atoms with E-state index in [1.807, 2.05) is 11.4 Å². The van der Waals surface area contributed by atoms with Crippen LogP contribution in [0.3, 0.4) is 0 Å². The molecule has 2 aromatic carbocycles. The van der Waals surface area contributed by atoms with Crippen LogP contribution < -0.4 is 4.80 Å². The lowest BCUT2D eigenvalue weighted by Crippen LogP contribution is -2.11. The van der Waals surface area contributed by atoms with Crippen LogP contribution in [-0.4, -0.2) is 33.3 Å². The molecular weight excluding hydrogens is 397 g/mol. The molecule has 0 amide bonds. The van der Waals surface area contributed by atoms with Crippen LogP contribution in [0.4, 0.5) is 0 Å². The molecule has 0 saturated heterocycles. The van der Waals surface area contributed by atoms with Crippen LogP contribution in [0.5, 0.6) is 17.2 Å². The molecule has 0 aliphatic carbocycles. The van der Waals surface area contributed by atoms with Crippen molar-refractivity contribution in [2.24, 2.45) is 10.1 Å². The molecular formula is C17H13Cl2N3O3S. The Morgan fingerprint density at radius 2 is 1.81 bits per heavy atom. The number of rotatable bonds is 3. The average molecular weight is 410 g/mol. The van der Waals surface area contributed by atoms with Gasteiger partial charge in [-0.3, -0.25) is 4.99 Å². The molecule has 1 aromatic heterocycles. The second-order valence-electron chi connectivity index (χ2n) is 5.18. The first-order valence-electron chi connectivity index (χ1n) is 7.29. The summed E-state index contributed by atoms with van der Waals surface area (Å²) in [7, 11) is 1.64. The van der Waals surface area contributed by atoms with E-state index in [9.17, 15) is 15.3 Å². The lowest BCUT2D eigenvalue weighted by molar-refractivity contribution is 0.367. The molecule has 3 rings (SSSR count). The maximum Gasteiger partial charge on any atom is 0.205 e. The summed E-state index contributed by atoms with van der Waals surface area (Å²) in [5, 5.41) is 36.0. The van der Waals surface area contributed by atoms with Gasteiger partial charge in [0.1, 0.15) is 0 Å². The largest absolute Gasteiger partial charge is 0.504 e. The van der Waals surface area contributed by atoms with Crippen molar-refractivity contribution in [3.8, 4) is 28.5 Å². The van der Waals surface area contributed by atoms with Gasteiger partial charge in [0.05, 0.1) is 22.0 Å². The van der Waals surface area contributed by atoms with Crippen molar-refractivity contribution in [1.82, 2.24) is 4.68 Å². The smallest absolute Gasteiger partial charge is 0.205 e. The van der Waals surface area contributed by atoms with Crippen LogP contribution >= 0.6 is 34.5 Å². The van der Waals surface area contributed by atoms with Crippen LogP contribution in [0.15, 0.2) is 45.8 Å². The molecule has 0 fully saturated rings. The van der Waals surface area contributed by atoms with E-state index >= 15 is 0 Å². The van der Waals surface area contributed by atoms with Crippen molar-refractivity contribution in [3.63, 3.8) is 0 Å². The van der Waals surface area contributed by atoms with Gasteiger partial charge < -0.3 is 15.3 Å². The van der Waals surface area contributed by atoms with Gasteiger partial charge in [0, 0.05) is 23.6 Å². The Balaban J connectivity index is 2.09. The molecule has 0 saturated carbocycles. The van der Waals surface area contributed by atoms with Gasteiger partial charge in [-0.25, -0.2) is 4.68 Å². The highest BCUT2D eigenvalue weighted by Gasteiger charge is 2.11. The summed E-state index contributed by atoms with van der Waals surface area (Å²) < 4.78 is 1.58. The molecule has 9 heteroatoms. The third-order valence-electron chi connectivity index (χ3n) is 3.57. The van der Waals surface area contributed by atoms with Gasteiger partial charge in [-0.2, -0.15) is 5.10 Å². The second kappa shape index (κ2) is 7.41. The van der Waals surface area contributed by atoms with Crippen molar-refractivity contribution < 1.29 is 15.3 Å². The van der Waals surface area contributed by atoms with Gasteiger partial charge in [0.25, 0.3) is 0 Å². The molecule has 3 N–H and O–H groups in total. The van der Waals surface area contributed by atoms with Gasteiger partial charge in [-0.05, 0) is 24.3 Å². The number of aromatic nitrogens is 1. The maximum atomic E-state index is 9.92. The standard InChI is InChI=1S/C17H13Cl2N3O3S/c1-20-17-22(21-7-10-3-5-14(23)16(25)15(10)24)13(8-26-17)9-2-4-11(18)12(19)6-9/h2-8,23-25H,1H3/b20-17?,21-7+. The molecule has 0 radical (unpaired) electrons. The number of aromatic hydroxyl groups is 3. The van der Waals surface area contributed by atoms with Gasteiger partial charge in [-0.15, -0.1) is 11.3 Å². The van der Waals surface area contributed by atoms with E-state index in [-0.39, 0.29) is 5.56 Å². The molecule has 0 spiro atoms. The maximum absolute atomic E-state index is 9.92. The normalized spacial score (nSPS) is 12.2. The molecule has 0 aliphatic heterocycles. The van der Waals surface area contributed by atoms with E-state index in [0.29, 0.717) is 14.8 Å². The zero-order chi connectivity index (χ0) is 18.8. The minimum atomic E-state index is -0.602. The number of hydrogen-bond acceptors (Lipinski definition) is 6. The van der Waals surface area contributed by atoms with Crippen LogP contribution in [-0.2, 0) is 0 Å². The fourth-order valence-corrected chi connectivity index (χ4v) is 3.33. The van der Waals surface area contributed by atoms with Crippen molar-refractivity contribution >= 4 is 40.8 Å². The van der Waals surface area contributed by atoms with Gasteiger partial charge in [-0.1, -0.05) is 29.3 Å². The number of phenolic OH excluding ortho intramolecular Hbond substituents is 3. The highest BCUT2D eigenvalue weighted by atomic mass is 35.5. The van der Waals surface area contributed by atoms with Gasteiger partial charge in [0.15, 0.2) is 11.5 Å². The number of benzene rings is 2. The predicted molar refractivity (Wildman–Crippen MR) is 104 cm³/mol. The van der Waals surface area contributed by atoms with Crippen molar-refractivity contribution in [1.29, 1.82) is 0 Å². The first kappa shape index (κ1) is 18.3. The summed E-state index contributed by atoms with van der Waals surface area (Å²) in [6.07, 6.45) is 1.36. The van der Waals surface area contributed by atoms with Gasteiger partial charge in [0.2, 0.25) is 10.6 Å². The average Bonchev–Trinajstić information content (AvgIpc) is 3.04. The SMILES string of the molecule is CN=c1scc(-c2ccc(Cl)c(Cl)c2)n1/N=C/c1ccc(O)c(O)c1O. The van der Waals surface area contributed by atoms with E-state index < -0.39 is 17.2 Å². The van der Waals surface area contributed by atoms with E-state index in [1.165, 1.54) is 29.7 Å². The molecule has 134 valence electrons. The summed E-state index contributed by atoms with van der Waals surface area (Å²) in [5.41, 5.74) is 1.76. The predicted octanol–water partition coefficient (Wildman–Crippen LogP) is 4.05. The number of hydrogen-bond donors (Lipinski definition) is 3. The Labute approximate surface area is 162 Å². The molecule has 1 heterocycles. The molecule has 0 unspecified atom stereocenters. The molecule has 26 heavy (non-hydrogen) atoms. The first-order chi connectivity index (χ1) is 12.4. The van der Waals surface area contributed by atoms with Crippen LogP contribution in [0, 0.1) is 0 Å². The highest BCUT2D eigenvalue weighted by molar-refractivity contribution is 7.07. The van der Waals surface area contributed by atoms with Crippen molar-refractivity contribution in [3.05, 3.63) is 56.1 Å². The molecule has 0 bridgehead atoms. The van der Waals surface area contributed by atoms with E-state index in [2.05, 4.69) is 10.1 Å². The minimum Gasteiger partial charge on any atom is -0.504 e. The van der Waals surface area contributed by atoms with E-state index in [4.69, 9.17) is 23.2 Å². The number of halogens is 2. The Kier molecular flexibility index (Phi) is 5.22. The summed E-state index contributed by atoms with van der Waals surface area (Å²) in [6, 6.07) is 7.92. The lowest BCUT2D eigenvalue weighted by atomic mass is 10.2. The Morgan fingerprint density at radius 1 is 1.04 bits per heavy atom. The quantitative estimate of drug-likeness (QED) is 0.450. The van der Waals surface area contributed by atoms with E-state index in [0.717, 1.165) is 11.3 Å². The van der Waals surface area contributed by atoms with Crippen LogP contribution in [0.2, 0.25) is 10.0 Å². The summed E-state index contributed by atoms with van der Waals surface area (Å²) >= 11 is 13.4. The Bertz CT molecular complexity index is 1070. The van der Waals surface area contributed by atoms with Crippen molar-refractivity contribution in [2.45, 2.75) is 0 Å². The number of phenols is 3. The minimum absolute atomic E-state index is 0.237. The Hall–Kier alpha value is -2.48. The molecule has 0 aliphatic rings. The number of nitrogens with zero attached hydrogens (tertiary/aromatic N) is 3. The van der Waals surface area contributed by atoms with Crippen molar-refractivity contribution in [2.75, 3.05) is 7.05 Å². The number of thiazole rings is 1. The second-order valence-corrected chi connectivity index (χ2v) is 6.83. The summed E-state index contributed by atoms with van der Waals surface area (Å²) in [4.78, 5) is 4.80. The van der Waals surface area contributed by atoms with Crippen LogP contribution in [0.25, 0.3) is 11.3 Å². The topological polar surface area (TPSA) is 90.3 Å². The zero-order valence-electron chi connectivity index (χ0n) is 13.4. The summed E-state index contributed by atoms with van der Waals surface area (Å²) in [6.45, 7) is 0. The molecule has 0 atom stereocenters. The summed E-state index contributed by atoms with van der Waals surface area (Å²) in [5.74, 6) is -1.48. The van der Waals surface area contributed by atoms with Gasteiger partial charge >= 0.3 is 0 Å². The Morgan fingerprint density at radius 3 is 2.50 bits per heavy atom. The molecule has 6 nitrogen and oxygen atoms in total. The monoisotopic (exact) mass is 409 g/mol. The zero-order valence-corrected chi connectivity index (χ0v) is 15.7. The third kappa shape index (κ3) is 3.41. The molecule has 3 aromatic rings. The highest BCUT2D eigenvalue weighted by Crippen LogP contribution is 2.36. The fraction of sp³-hybridized carbons (Fsp3) is 0.0588. The van der Waals surface area contributed by atoms with E-state index in [1.54, 1.807) is 23.9 Å². The first-order valence-corrected chi connectivity index (χ1v) is 8.93. The third-order valence-corrected chi connectivity index (χ3v) is 5.21.